The quantitative estimate of drug-likeness (QED) is 0.399. The van der Waals surface area contributed by atoms with Crippen LogP contribution in [-0.2, 0) is 14.3 Å². The first-order valence-electron chi connectivity index (χ1n) is 11.3. The zero-order valence-corrected chi connectivity index (χ0v) is 19.1. The van der Waals surface area contributed by atoms with Crippen LogP contribution >= 0.6 is 0 Å². The van der Waals surface area contributed by atoms with Crippen LogP contribution in [0.4, 0.5) is 0 Å². The summed E-state index contributed by atoms with van der Waals surface area (Å²) in [5.74, 6) is -1.85. The number of aliphatic hydroxyl groups is 1. The summed E-state index contributed by atoms with van der Waals surface area (Å²) in [5.41, 5.74) is 2.79. The topological polar surface area (TPSA) is 90.3 Å². The fourth-order valence-corrected chi connectivity index (χ4v) is 4.48. The van der Waals surface area contributed by atoms with Crippen LogP contribution in [0.15, 0.2) is 48.0 Å². The van der Waals surface area contributed by atoms with E-state index in [1.165, 1.54) is 6.07 Å². The second-order valence-corrected chi connectivity index (χ2v) is 8.73. The Morgan fingerprint density at radius 2 is 1.67 bits per heavy atom. The summed E-state index contributed by atoms with van der Waals surface area (Å²) >= 11 is 0. The number of phenols is 1. The van der Waals surface area contributed by atoms with Crippen molar-refractivity contribution in [1.82, 2.24) is 9.80 Å². The van der Waals surface area contributed by atoms with Crippen molar-refractivity contribution in [3.05, 3.63) is 70.3 Å². The SMILES string of the molecule is Cc1ccc(C2/C(=C(\O)c3cc(C)ccc3O)C(=O)C(=O)N2CCCN2CCOCC2)cc1. The monoisotopic (exact) mass is 450 g/mol. The molecule has 174 valence electrons. The van der Waals surface area contributed by atoms with Crippen LogP contribution in [0.5, 0.6) is 5.75 Å². The van der Waals surface area contributed by atoms with Gasteiger partial charge in [0.2, 0.25) is 0 Å². The van der Waals surface area contributed by atoms with Crippen molar-refractivity contribution in [2.45, 2.75) is 26.3 Å². The third-order valence-electron chi connectivity index (χ3n) is 6.32. The van der Waals surface area contributed by atoms with Gasteiger partial charge in [0.15, 0.2) is 0 Å². The van der Waals surface area contributed by atoms with E-state index in [9.17, 15) is 19.8 Å². The first-order valence-corrected chi connectivity index (χ1v) is 11.3. The molecule has 2 aliphatic rings. The Kier molecular flexibility index (Phi) is 6.81. The molecular formula is C26H30N2O5. The van der Waals surface area contributed by atoms with Crippen LogP contribution in [0.3, 0.4) is 0 Å². The number of benzene rings is 2. The van der Waals surface area contributed by atoms with Crippen molar-refractivity contribution >= 4 is 17.4 Å². The first-order chi connectivity index (χ1) is 15.9. The van der Waals surface area contributed by atoms with E-state index in [4.69, 9.17) is 4.74 Å². The fourth-order valence-electron chi connectivity index (χ4n) is 4.48. The molecule has 0 aliphatic carbocycles. The zero-order chi connectivity index (χ0) is 23.5. The van der Waals surface area contributed by atoms with Gasteiger partial charge in [-0.25, -0.2) is 0 Å². The van der Waals surface area contributed by atoms with E-state index in [1.807, 2.05) is 38.1 Å². The smallest absolute Gasteiger partial charge is 0.295 e. The van der Waals surface area contributed by atoms with Crippen molar-refractivity contribution < 1.29 is 24.5 Å². The van der Waals surface area contributed by atoms with Crippen LogP contribution in [0.1, 0.15) is 34.7 Å². The van der Waals surface area contributed by atoms with Crippen molar-refractivity contribution in [3.8, 4) is 5.75 Å². The summed E-state index contributed by atoms with van der Waals surface area (Å²) in [6.07, 6.45) is 0.700. The Morgan fingerprint density at radius 1 is 1.00 bits per heavy atom. The Labute approximate surface area is 193 Å². The van der Waals surface area contributed by atoms with Gasteiger partial charge in [-0.05, 0) is 38.0 Å². The minimum atomic E-state index is -0.731. The molecule has 2 N–H and O–H groups in total. The lowest BCUT2D eigenvalue weighted by Gasteiger charge is -2.29. The molecule has 0 saturated carbocycles. The molecule has 1 amide bonds. The summed E-state index contributed by atoms with van der Waals surface area (Å²) < 4.78 is 5.39. The molecule has 0 radical (unpaired) electrons. The number of carbonyl (C=O) groups is 2. The highest BCUT2D eigenvalue weighted by Gasteiger charge is 2.46. The van der Waals surface area contributed by atoms with Gasteiger partial charge in [0.1, 0.15) is 11.5 Å². The van der Waals surface area contributed by atoms with Gasteiger partial charge in [-0.15, -0.1) is 0 Å². The van der Waals surface area contributed by atoms with Crippen molar-refractivity contribution in [2.75, 3.05) is 39.4 Å². The van der Waals surface area contributed by atoms with Gasteiger partial charge in [0.25, 0.3) is 11.7 Å². The van der Waals surface area contributed by atoms with Gasteiger partial charge >= 0.3 is 0 Å². The number of aliphatic hydroxyl groups excluding tert-OH is 1. The lowest BCUT2D eigenvalue weighted by Crippen LogP contribution is -2.38. The first kappa shape index (κ1) is 23.0. The average Bonchev–Trinajstić information content (AvgIpc) is 3.06. The molecule has 1 unspecified atom stereocenters. The Balaban J connectivity index is 1.70. The maximum absolute atomic E-state index is 13.1. The normalized spacial score (nSPS) is 21.0. The van der Waals surface area contributed by atoms with Crippen LogP contribution in [0.25, 0.3) is 5.76 Å². The van der Waals surface area contributed by atoms with Crippen molar-refractivity contribution in [1.29, 1.82) is 0 Å². The molecule has 0 aromatic heterocycles. The lowest BCUT2D eigenvalue weighted by atomic mass is 9.94. The van der Waals surface area contributed by atoms with Crippen LogP contribution in [0, 0.1) is 13.8 Å². The molecular weight excluding hydrogens is 420 g/mol. The van der Waals surface area contributed by atoms with Gasteiger partial charge in [0, 0.05) is 26.2 Å². The molecule has 0 spiro atoms. The Hall–Kier alpha value is -3.16. The Bertz CT molecular complexity index is 1070. The molecule has 7 nitrogen and oxygen atoms in total. The number of nitrogens with zero attached hydrogens (tertiary/aromatic N) is 2. The third kappa shape index (κ3) is 4.79. The molecule has 4 rings (SSSR count). The number of aryl methyl sites for hydroxylation is 2. The molecule has 2 fully saturated rings. The van der Waals surface area contributed by atoms with Gasteiger partial charge in [-0.3, -0.25) is 14.5 Å². The summed E-state index contributed by atoms with van der Waals surface area (Å²) in [6.45, 7) is 8.09. The Morgan fingerprint density at radius 3 is 2.36 bits per heavy atom. The number of hydrogen-bond donors (Lipinski definition) is 2. The van der Waals surface area contributed by atoms with Gasteiger partial charge in [-0.1, -0.05) is 41.5 Å². The molecule has 2 aromatic carbocycles. The van der Waals surface area contributed by atoms with E-state index in [-0.39, 0.29) is 22.6 Å². The minimum absolute atomic E-state index is 0.0103. The van der Waals surface area contributed by atoms with E-state index >= 15 is 0 Å². The molecule has 2 saturated heterocycles. The molecule has 7 heteroatoms. The molecule has 2 aromatic rings. The summed E-state index contributed by atoms with van der Waals surface area (Å²) in [4.78, 5) is 30.0. The number of Topliss-reactive ketones (excluding diaryl/α,β-unsaturated/α-hetero) is 1. The van der Waals surface area contributed by atoms with Crippen LogP contribution < -0.4 is 0 Å². The minimum Gasteiger partial charge on any atom is -0.507 e. The molecule has 0 bridgehead atoms. The zero-order valence-electron chi connectivity index (χ0n) is 19.1. The standard InChI is InChI=1S/C26H30N2O5/c1-17-4-7-19(8-5-17)23-22(24(30)20-16-18(2)6-9-21(20)29)25(31)26(32)28(23)11-3-10-27-12-14-33-15-13-27/h4-9,16,23,29-30H,3,10-15H2,1-2H3/b24-22+. The van der Waals surface area contributed by atoms with Gasteiger partial charge < -0.3 is 19.8 Å². The van der Waals surface area contributed by atoms with Gasteiger partial charge in [0.05, 0.1) is 30.4 Å². The van der Waals surface area contributed by atoms with Gasteiger partial charge in [-0.2, -0.15) is 0 Å². The molecule has 2 heterocycles. The number of ketones is 1. The predicted octanol–water partition coefficient (Wildman–Crippen LogP) is 3.15. The van der Waals surface area contributed by atoms with E-state index in [0.717, 1.165) is 36.3 Å². The maximum Gasteiger partial charge on any atom is 0.295 e. The largest absolute Gasteiger partial charge is 0.507 e. The number of morpholine rings is 1. The van der Waals surface area contributed by atoms with E-state index in [0.29, 0.717) is 26.2 Å². The van der Waals surface area contributed by atoms with E-state index in [1.54, 1.807) is 17.0 Å². The number of rotatable bonds is 6. The van der Waals surface area contributed by atoms with E-state index in [2.05, 4.69) is 4.90 Å². The number of ether oxygens (including phenoxy) is 1. The second-order valence-electron chi connectivity index (χ2n) is 8.73. The predicted molar refractivity (Wildman–Crippen MR) is 125 cm³/mol. The fraction of sp³-hybridized carbons (Fsp3) is 0.385. The third-order valence-corrected chi connectivity index (χ3v) is 6.32. The van der Waals surface area contributed by atoms with E-state index < -0.39 is 17.7 Å². The number of phenolic OH excluding ortho intramolecular Hbond substituents is 1. The number of aromatic hydroxyl groups is 1. The molecule has 2 aliphatic heterocycles. The second kappa shape index (κ2) is 9.77. The highest BCUT2D eigenvalue weighted by Crippen LogP contribution is 2.41. The number of likely N-dealkylation sites (tertiary alicyclic amines) is 1. The summed E-state index contributed by atoms with van der Waals surface area (Å²) in [7, 11) is 0. The van der Waals surface area contributed by atoms with Crippen LogP contribution in [-0.4, -0.2) is 71.1 Å². The number of amides is 1. The molecule has 33 heavy (non-hydrogen) atoms. The lowest BCUT2D eigenvalue weighted by molar-refractivity contribution is -0.140. The van der Waals surface area contributed by atoms with Crippen LogP contribution in [0.2, 0.25) is 0 Å². The number of hydrogen-bond acceptors (Lipinski definition) is 6. The highest BCUT2D eigenvalue weighted by atomic mass is 16.5. The summed E-state index contributed by atoms with van der Waals surface area (Å²) in [6, 6.07) is 11.7. The summed E-state index contributed by atoms with van der Waals surface area (Å²) in [5, 5.41) is 21.5. The average molecular weight is 451 g/mol. The van der Waals surface area contributed by atoms with Crippen molar-refractivity contribution in [3.63, 3.8) is 0 Å². The van der Waals surface area contributed by atoms with Crippen molar-refractivity contribution in [2.24, 2.45) is 0 Å². The highest BCUT2D eigenvalue weighted by molar-refractivity contribution is 6.46. The molecule has 1 atom stereocenters. The number of carbonyl (C=O) groups excluding carboxylic acids is 2. The maximum atomic E-state index is 13.1.